The molecule has 1 aliphatic heterocycles. The first-order chi connectivity index (χ1) is 16.1. The molecule has 10 nitrogen and oxygen atoms in total. The molecule has 3 N–H and O–H groups in total. The van der Waals surface area contributed by atoms with Gasteiger partial charge in [0.25, 0.3) is 0 Å². The van der Waals surface area contributed by atoms with Gasteiger partial charge in [-0.1, -0.05) is 6.07 Å². The second-order valence-corrected chi connectivity index (χ2v) is 10.7. The fourth-order valence-electron chi connectivity index (χ4n) is 3.98. The summed E-state index contributed by atoms with van der Waals surface area (Å²) in [7, 11) is -3.06. The molecule has 2 aromatic rings. The van der Waals surface area contributed by atoms with Crippen molar-refractivity contribution in [3.05, 3.63) is 48.3 Å². The van der Waals surface area contributed by atoms with Crippen molar-refractivity contribution in [2.24, 2.45) is 5.73 Å². The van der Waals surface area contributed by atoms with Crippen molar-refractivity contribution in [3.8, 4) is 5.75 Å². The van der Waals surface area contributed by atoms with Crippen LogP contribution in [-0.4, -0.2) is 69.6 Å². The molecule has 2 heterocycles. The maximum absolute atomic E-state index is 13.1. The lowest BCUT2D eigenvalue weighted by Gasteiger charge is -2.40. The van der Waals surface area contributed by atoms with Gasteiger partial charge in [-0.2, -0.15) is 0 Å². The zero-order chi connectivity index (χ0) is 24.9. The molecular weight excluding hydrogens is 458 g/mol. The first-order valence-electron chi connectivity index (χ1n) is 11.0. The second-order valence-electron chi connectivity index (χ2n) is 8.42. The number of hydrogen-bond donors (Lipinski definition) is 2. The van der Waals surface area contributed by atoms with Crippen LogP contribution >= 0.6 is 0 Å². The summed E-state index contributed by atoms with van der Waals surface area (Å²) in [6.45, 7) is 4.73. The molecule has 1 aromatic heterocycles. The topological polar surface area (TPSA) is 135 Å². The molecule has 0 radical (unpaired) electrons. The van der Waals surface area contributed by atoms with Crippen LogP contribution in [0.2, 0.25) is 0 Å². The summed E-state index contributed by atoms with van der Waals surface area (Å²) in [6.07, 6.45) is 3.66. The van der Waals surface area contributed by atoms with Gasteiger partial charge in [0.2, 0.25) is 5.91 Å². The monoisotopic (exact) mass is 489 g/mol. The largest absolute Gasteiger partial charge is 0.419 e. The Labute approximate surface area is 200 Å². The smallest absolute Gasteiger partial charge is 0.408 e. The van der Waals surface area contributed by atoms with Crippen molar-refractivity contribution >= 4 is 33.2 Å². The minimum atomic E-state index is -3.06. The SMILES string of the molecule is CC(=O)N1c2ccc(C(CN)CNCCS(C)(=O)=O)cc2N(C(=O)Oc2cccnc2)C[C@@H]1C. The third kappa shape index (κ3) is 6.31. The van der Waals surface area contributed by atoms with E-state index in [2.05, 4.69) is 10.3 Å². The fraction of sp³-hybridized carbons (Fsp3) is 0.435. The third-order valence-electron chi connectivity index (χ3n) is 5.63. The normalized spacial score (nSPS) is 16.6. The number of rotatable bonds is 8. The highest BCUT2D eigenvalue weighted by molar-refractivity contribution is 7.90. The van der Waals surface area contributed by atoms with E-state index in [-0.39, 0.29) is 30.2 Å². The van der Waals surface area contributed by atoms with Gasteiger partial charge in [0.1, 0.15) is 9.84 Å². The molecular formula is C23H31N5O5S. The minimum absolute atomic E-state index is 0.0356. The van der Waals surface area contributed by atoms with Gasteiger partial charge in [-0.05, 0) is 36.8 Å². The maximum Gasteiger partial charge on any atom is 0.419 e. The van der Waals surface area contributed by atoms with Crippen LogP contribution in [0.1, 0.15) is 25.3 Å². The fourth-order valence-corrected chi connectivity index (χ4v) is 4.50. The van der Waals surface area contributed by atoms with E-state index in [0.29, 0.717) is 36.8 Å². The summed E-state index contributed by atoms with van der Waals surface area (Å²) in [5, 5.41) is 3.14. The van der Waals surface area contributed by atoms with Gasteiger partial charge in [0.05, 0.1) is 29.4 Å². The lowest BCUT2D eigenvalue weighted by Crippen LogP contribution is -2.52. The van der Waals surface area contributed by atoms with E-state index < -0.39 is 15.9 Å². The molecule has 0 aliphatic carbocycles. The predicted molar refractivity (Wildman–Crippen MR) is 131 cm³/mol. The van der Waals surface area contributed by atoms with Gasteiger partial charge in [0, 0.05) is 51.5 Å². The van der Waals surface area contributed by atoms with Crippen molar-refractivity contribution < 1.29 is 22.7 Å². The van der Waals surface area contributed by atoms with Crippen LogP contribution in [0.3, 0.4) is 0 Å². The van der Waals surface area contributed by atoms with E-state index in [4.69, 9.17) is 10.5 Å². The number of aromatic nitrogens is 1. The zero-order valence-corrected chi connectivity index (χ0v) is 20.4. The third-order valence-corrected chi connectivity index (χ3v) is 6.58. The molecule has 2 atom stereocenters. The van der Waals surface area contributed by atoms with Gasteiger partial charge < -0.3 is 20.7 Å². The predicted octanol–water partition coefficient (Wildman–Crippen LogP) is 1.52. The summed E-state index contributed by atoms with van der Waals surface area (Å²) in [5.41, 5.74) is 8.03. The van der Waals surface area contributed by atoms with Gasteiger partial charge in [-0.15, -0.1) is 0 Å². The molecule has 11 heteroatoms. The highest BCUT2D eigenvalue weighted by Crippen LogP contribution is 2.38. The van der Waals surface area contributed by atoms with E-state index in [1.165, 1.54) is 24.3 Å². The Hall–Kier alpha value is -3.02. The summed E-state index contributed by atoms with van der Waals surface area (Å²) < 4.78 is 28.3. The molecule has 0 fully saturated rings. The number of hydrogen-bond acceptors (Lipinski definition) is 8. The average molecular weight is 490 g/mol. The zero-order valence-electron chi connectivity index (χ0n) is 19.6. The van der Waals surface area contributed by atoms with E-state index >= 15 is 0 Å². The second kappa shape index (κ2) is 10.9. The Morgan fingerprint density at radius 1 is 1.29 bits per heavy atom. The van der Waals surface area contributed by atoms with Crippen LogP contribution in [0.4, 0.5) is 16.2 Å². The Balaban J connectivity index is 1.89. The van der Waals surface area contributed by atoms with Crippen LogP contribution in [0, 0.1) is 0 Å². The van der Waals surface area contributed by atoms with E-state index in [0.717, 1.165) is 5.56 Å². The molecule has 3 rings (SSSR count). The maximum atomic E-state index is 13.1. The first kappa shape index (κ1) is 25.6. The van der Waals surface area contributed by atoms with Crippen molar-refractivity contribution in [1.82, 2.24) is 10.3 Å². The average Bonchev–Trinajstić information content (AvgIpc) is 2.78. The highest BCUT2D eigenvalue weighted by Gasteiger charge is 2.35. The number of pyridine rings is 1. The van der Waals surface area contributed by atoms with Crippen molar-refractivity contribution in [1.29, 1.82) is 0 Å². The number of benzene rings is 1. The number of amides is 2. The van der Waals surface area contributed by atoms with Crippen LogP contribution in [0.5, 0.6) is 5.75 Å². The molecule has 1 aromatic carbocycles. The van der Waals surface area contributed by atoms with Crippen molar-refractivity contribution in [3.63, 3.8) is 0 Å². The minimum Gasteiger partial charge on any atom is -0.408 e. The molecule has 0 saturated heterocycles. The molecule has 184 valence electrons. The number of anilines is 2. The molecule has 34 heavy (non-hydrogen) atoms. The highest BCUT2D eigenvalue weighted by atomic mass is 32.2. The Kier molecular flexibility index (Phi) is 8.24. The molecule has 0 bridgehead atoms. The molecule has 2 amide bonds. The molecule has 1 unspecified atom stereocenters. The number of nitrogens with one attached hydrogen (secondary N) is 1. The Morgan fingerprint density at radius 2 is 2.06 bits per heavy atom. The van der Waals surface area contributed by atoms with Gasteiger partial charge in [0.15, 0.2) is 5.75 Å². The first-order valence-corrected chi connectivity index (χ1v) is 13.1. The van der Waals surface area contributed by atoms with Crippen LogP contribution < -0.4 is 25.6 Å². The van der Waals surface area contributed by atoms with Crippen LogP contribution in [0.15, 0.2) is 42.7 Å². The number of fused-ring (bicyclic) bond motifs is 1. The number of ether oxygens (including phenoxy) is 1. The van der Waals surface area contributed by atoms with E-state index in [1.807, 2.05) is 25.1 Å². The van der Waals surface area contributed by atoms with Gasteiger partial charge in [-0.3, -0.25) is 14.7 Å². The number of carbonyl (C=O) groups is 2. The van der Waals surface area contributed by atoms with E-state index in [1.54, 1.807) is 23.2 Å². The number of nitrogens with two attached hydrogens (primary N) is 1. The van der Waals surface area contributed by atoms with Crippen LogP contribution in [-0.2, 0) is 14.6 Å². The Bertz CT molecular complexity index is 1130. The Morgan fingerprint density at radius 3 is 2.68 bits per heavy atom. The lowest BCUT2D eigenvalue weighted by molar-refractivity contribution is -0.117. The standard InChI is InChI=1S/C23H31N5O5S/c1-16-15-27(23(30)33-20-5-4-8-25-14-20)22-11-18(6-7-21(22)28(16)17(2)29)19(12-24)13-26-9-10-34(3,31)32/h4-8,11,14,16,19,26H,9-10,12-13,15,24H2,1-3H3/t16-,19?/m0/s1. The summed E-state index contributed by atoms with van der Waals surface area (Å²) >= 11 is 0. The summed E-state index contributed by atoms with van der Waals surface area (Å²) in [6, 6.07) is 8.60. The quantitative estimate of drug-likeness (QED) is 0.533. The van der Waals surface area contributed by atoms with Crippen molar-refractivity contribution in [2.75, 3.05) is 48.0 Å². The number of carbonyl (C=O) groups excluding carboxylic acids is 2. The summed E-state index contributed by atoms with van der Waals surface area (Å²) in [5.74, 6) is 0.112. The molecule has 0 spiro atoms. The van der Waals surface area contributed by atoms with E-state index in [9.17, 15) is 18.0 Å². The molecule has 1 aliphatic rings. The summed E-state index contributed by atoms with van der Waals surface area (Å²) in [4.78, 5) is 32.6. The number of nitrogens with zero attached hydrogens (tertiary/aromatic N) is 3. The molecule has 0 saturated carbocycles. The van der Waals surface area contributed by atoms with Crippen LogP contribution in [0.25, 0.3) is 0 Å². The van der Waals surface area contributed by atoms with Crippen molar-refractivity contribution in [2.45, 2.75) is 25.8 Å². The lowest BCUT2D eigenvalue weighted by atomic mass is 9.96. The number of sulfone groups is 1. The van der Waals surface area contributed by atoms with Gasteiger partial charge in [-0.25, -0.2) is 13.2 Å². The van der Waals surface area contributed by atoms with Gasteiger partial charge >= 0.3 is 6.09 Å².